The van der Waals surface area contributed by atoms with Crippen LogP contribution in [0.4, 0.5) is 28.4 Å². The minimum atomic E-state index is -0.611. The van der Waals surface area contributed by atoms with E-state index in [4.69, 9.17) is 4.42 Å². The highest BCUT2D eigenvalue weighted by molar-refractivity contribution is 6.93. The highest BCUT2D eigenvalue weighted by atomic mass is 16.3. The Balaban J connectivity index is 1.10. The topological polar surface area (TPSA) is 19.6 Å². The molecule has 0 atom stereocenters. The number of hydrogen-bond donors (Lipinski definition) is 0. The number of hydrogen-bond acceptors (Lipinski definition) is 3. The summed E-state index contributed by atoms with van der Waals surface area (Å²) in [6.07, 6.45) is 4.63. The normalized spacial score (nSPS) is 18.4. The molecule has 366 valence electrons. The monoisotopic (exact) mass is 971 g/mol. The molecule has 4 heterocycles. The standard InChI is InChI=1S/C71H63BN2O/c1-67(2)33-34-68(3,4)56-39-48(31-32-53(56)67)74-61-43-64-50(51-41-57-58(42-63(51)75-64)70(7,8)36-35-69(57,5)6)40-49(61)52-37-45(44-21-12-9-13-22-44)38-62-65(52)72(74)59-29-20-28-55-66(59)73(62)60-30-19-18-27-54(60)71(55,46-23-14-10-15-24-46)47-25-16-11-17-26-47/h9-32,37-43H,33-36H2,1-8H3. The Morgan fingerprint density at radius 1 is 0.400 bits per heavy atom. The van der Waals surface area contributed by atoms with Gasteiger partial charge in [-0.2, -0.15) is 0 Å². The summed E-state index contributed by atoms with van der Waals surface area (Å²) in [5.74, 6) is 0. The summed E-state index contributed by atoms with van der Waals surface area (Å²) in [6, 6.07) is 72.5. The molecule has 9 aromatic carbocycles. The van der Waals surface area contributed by atoms with Gasteiger partial charge in [-0.05, 0) is 168 Å². The van der Waals surface area contributed by atoms with Gasteiger partial charge < -0.3 is 14.1 Å². The highest BCUT2D eigenvalue weighted by Gasteiger charge is 2.53. The molecule has 1 aromatic heterocycles. The first kappa shape index (κ1) is 44.9. The van der Waals surface area contributed by atoms with Gasteiger partial charge >= 0.3 is 6.85 Å². The zero-order valence-electron chi connectivity index (χ0n) is 44.6. The van der Waals surface area contributed by atoms with Crippen LogP contribution in [0.15, 0.2) is 192 Å². The molecule has 2 aliphatic carbocycles. The van der Waals surface area contributed by atoms with Crippen LogP contribution in [0.1, 0.15) is 126 Å². The highest BCUT2D eigenvalue weighted by Crippen LogP contribution is 2.60. The molecule has 0 saturated carbocycles. The minimum Gasteiger partial charge on any atom is -0.456 e. The van der Waals surface area contributed by atoms with Gasteiger partial charge in [-0.1, -0.05) is 189 Å². The lowest BCUT2D eigenvalue weighted by molar-refractivity contribution is 0.332. The van der Waals surface area contributed by atoms with Crippen LogP contribution < -0.4 is 20.6 Å². The first-order valence-electron chi connectivity index (χ1n) is 27.5. The average Bonchev–Trinajstić information content (AvgIpc) is 3.80. The SMILES string of the molecule is CC1(C)CCC(C)(C)c2cc(N3B4c5cccc6c5N(c5ccccc5C6(c5ccccc5)c5ccccc5)c5cc(-c6ccccc6)cc(c54)-c4cc5c(cc43)oc3cc4c(cc35)C(C)(C)CCC4(C)C)ccc21. The molecule has 0 N–H and O–H groups in total. The van der Waals surface area contributed by atoms with Gasteiger partial charge in [0.2, 0.25) is 0 Å². The average molecular weight is 971 g/mol. The molecule has 0 bridgehead atoms. The maximum atomic E-state index is 7.23. The van der Waals surface area contributed by atoms with Gasteiger partial charge in [0.05, 0.1) is 11.1 Å². The molecule has 0 unspecified atom stereocenters. The largest absolute Gasteiger partial charge is 0.456 e. The predicted octanol–water partition coefficient (Wildman–Crippen LogP) is 17.4. The van der Waals surface area contributed by atoms with Crippen molar-refractivity contribution in [3.05, 3.63) is 233 Å². The Bertz CT molecular complexity index is 3990. The van der Waals surface area contributed by atoms with Gasteiger partial charge in [-0.15, -0.1) is 0 Å². The zero-order chi connectivity index (χ0) is 51.0. The Morgan fingerprint density at radius 2 is 0.960 bits per heavy atom. The number of fused-ring (bicyclic) bond motifs is 11. The van der Waals surface area contributed by atoms with Crippen LogP contribution >= 0.6 is 0 Å². The first-order chi connectivity index (χ1) is 36.2. The van der Waals surface area contributed by atoms with Crippen molar-refractivity contribution in [2.24, 2.45) is 0 Å². The third-order valence-corrected chi connectivity index (χ3v) is 19.2. The van der Waals surface area contributed by atoms with Crippen LogP contribution in [0.25, 0.3) is 44.2 Å². The number of para-hydroxylation sites is 2. The molecule has 3 nitrogen and oxygen atoms in total. The van der Waals surface area contributed by atoms with Crippen molar-refractivity contribution in [2.75, 3.05) is 9.71 Å². The van der Waals surface area contributed by atoms with Crippen molar-refractivity contribution in [2.45, 2.75) is 108 Å². The van der Waals surface area contributed by atoms with E-state index in [-0.39, 0.29) is 28.5 Å². The van der Waals surface area contributed by atoms with E-state index in [1.165, 1.54) is 123 Å². The van der Waals surface area contributed by atoms with Crippen LogP contribution in [0, 0.1) is 0 Å². The van der Waals surface area contributed by atoms with E-state index >= 15 is 0 Å². The van der Waals surface area contributed by atoms with Crippen LogP contribution in [0.3, 0.4) is 0 Å². The molecule has 3 aliphatic heterocycles. The smallest absolute Gasteiger partial charge is 0.333 e. The summed E-state index contributed by atoms with van der Waals surface area (Å²) >= 11 is 0. The Morgan fingerprint density at radius 3 is 1.64 bits per heavy atom. The lowest BCUT2D eigenvalue weighted by atomic mass is 9.42. The van der Waals surface area contributed by atoms with Crippen LogP contribution in [-0.2, 0) is 27.1 Å². The molecule has 4 heteroatoms. The van der Waals surface area contributed by atoms with Crippen molar-refractivity contribution in [1.82, 2.24) is 0 Å². The number of furan rings is 1. The second kappa shape index (κ2) is 15.3. The van der Waals surface area contributed by atoms with E-state index in [9.17, 15) is 0 Å². The molecule has 0 amide bonds. The fourth-order valence-electron chi connectivity index (χ4n) is 15.0. The Labute approximate surface area is 443 Å². The summed E-state index contributed by atoms with van der Waals surface area (Å²) in [7, 11) is 0. The van der Waals surface area contributed by atoms with E-state index < -0.39 is 5.41 Å². The molecule has 15 rings (SSSR count). The summed E-state index contributed by atoms with van der Waals surface area (Å²) in [4.78, 5) is 5.39. The number of nitrogens with zero attached hydrogens (tertiary/aromatic N) is 2. The molecule has 75 heavy (non-hydrogen) atoms. The second-order valence-corrected chi connectivity index (χ2v) is 25.3. The van der Waals surface area contributed by atoms with Crippen LogP contribution in [-0.4, -0.2) is 6.85 Å². The predicted molar refractivity (Wildman–Crippen MR) is 315 cm³/mol. The number of benzene rings is 9. The van der Waals surface area contributed by atoms with Crippen molar-refractivity contribution in [1.29, 1.82) is 0 Å². The van der Waals surface area contributed by atoms with E-state index in [0.717, 1.165) is 30.4 Å². The van der Waals surface area contributed by atoms with Gasteiger partial charge in [0.25, 0.3) is 0 Å². The van der Waals surface area contributed by atoms with E-state index in [0.29, 0.717) is 0 Å². The maximum absolute atomic E-state index is 7.23. The molecular weight excluding hydrogens is 908 g/mol. The molecule has 10 aromatic rings. The molecule has 0 saturated heterocycles. The van der Waals surface area contributed by atoms with Crippen molar-refractivity contribution < 1.29 is 4.42 Å². The Kier molecular flexibility index (Phi) is 9.15. The first-order valence-corrected chi connectivity index (χ1v) is 27.5. The lowest BCUT2D eigenvalue weighted by Gasteiger charge is -2.52. The van der Waals surface area contributed by atoms with Gasteiger partial charge in [-0.3, -0.25) is 0 Å². The summed E-state index contributed by atoms with van der Waals surface area (Å²) in [5.41, 5.74) is 26.0. The molecule has 0 spiro atoms. The number of rotatable bonds is 4. The van der Waals surface area contributed by atoms with Crippen LogP contribution in [0.5, 0.6) is 0 Å². The molecular formula is C71H63BN2O. The molecule has 0 radical (unpaired) electrons. The van der Waals surface area contributed by atoms with Crippen molar-refractivity contribution in [3.63, 3.8) is 0 Å². The van der Waals surface area contributed by atoms with E-state index in [1.807, 2.05) is 0 Å². The van der Waals surface area contributed by atoms with Crippen molar-refractivity contribution in [3.8, 4) is 22.3 Å². The maximum Gasteiger partial charge on any atom is 0.333 e. The quantitative estimate of drug-likeness (QED) is 0.164. The third-order valence-electron chi connectivity index (χ3n) is 19.2. The number of anilines is 5. The van der Waals surface area contributed by atoms with E-state index in [2.05, 4.69) is 253 Å². The van der Waals surface area contributed by atoms with Crippen molar-refractivity contribution >= 4 is 68.1 Å². The summed E-state index contributed by atoms with van der Waals surface area (Å²) in [5, 5.41) is 2.38. The molecule has 5 aliphatic rings. The second-order valence-electron chi connectivity index (χ2n) is 25.3. The third kappa shape index (κ3) is 6.11. The van der Waals surface area contributed by atoms with Crippen LogP contribution in [0.2, 0.25) is 0 Å². The van der Waals surface area contributed by atoms with Gasteiger partial charge in [0.1, 0.15) is 11.2 Å². The fourth-order valence-corrected chi connectivity index (χ4v) is 15.0. The Hall–Kier alpha value is -7.56. The van der Waals surface area contributed by atoms with Gasteiger partial charge in [0.15, 0.2) is 0 Å². The minimum absolute atomic E-state index is 0.0143. The molecule has 0 fully saturated rings. The lowest BCUT2D eigenvalue weighted by Crippen LogP contribution is -2.62. The summed E-state index contributed by atoms with van der Waals surface area (Å²) < 4.78 is 7.23. The fraction of sp³-hybridized carbons (Fsp3) is 0.239. The van der Waals surface area contributed by atoms with Gasteiger partial charge in [0, 0.05) is 45.2 Å². The van der Waals surface area contributed by atoms with E-state index in [1.54, 1.807) is 0 Å². The van der Waals surface area contributed by atoms with Gasteiger partial charge in [-0.25, -0.2) is 0 Å². The summed E-state index contributed by atoms with van der Waals surface area (Å²) in [6.45, 7) is 19.3. The zero-order valence-corrected chi connectivity index (χ0v) is 44.6.